The van der Waals surface area contributed by atoms with Crippen molar-refractivity contribution >= 4 is 0 Å². The van der Waals surface area contributed by atoms with Gasteiger partial charge in [0.1, 0.15) is 0 Å². The van der Waals surface area contributed by atoms with E-state index in [0.29, 0.717) is 6.04 Å². The standard InChI is InChI=1S/C16H28N4/c17-12-14-6-9-19(10-7-14)13-15-8-11-20(18-15)16-4-2-1-3-5-16/h8,11,14,16H,1-7,9-10,12-13,17H2. The molecule has 2 heterocycles. The summed E-state index contributed by atoms with van der Waals surface area (Å²) >= 11 is 0. The number of hydrogen-bond acceptors (Lipinski definition) is 3. The molecule has 0 unspecified atom stereocenters. The number of aromatic nitrogens is 2. The van der Waals surface area contributed by atoms with E-state index < -0.39 is 0 Å². The summed E-state index contributed by atoms with van der Waals surface area (Å²) in [5.41, 5.74) is 6.99. The molecule has 1 saturated heterocycles. The molecule has 1 aromatic heterocycles. The first-order chi connectivity index (χ1) is 9.85. The van der Waals surface area contributed by atoms with E-state index in [4.69, 9.17) is 10.8 Å². The van der Waals surface area contributed by atoms with Gasteiger partial charge in [-0.2, -0.15) is 5.10 Å². The van der Waals surface area contributed by atoms with Gasteiger partial charge in [-0.1, -0.05) is 19.3 Å². The van der Waals surface area contributed by atoms with E-state index in [9.17, 15) is 0 Å². The summed E-state index contributed by atoms with van der Waals surface area (Å²) in [6, 6.07) is 2.87. The molecular formula is C16H28N4. The lowest BCUT2D eigenvalue weighted by atomic mass is 9.96. The Morgan fingerprint density at radius 3 is 2.55 bits per heavy atom. The predicted molar refractivity (Wildman–Crippen MR) is 81.4 cm³/mol. The molecule has 2 N–H and O–H groups in total. The number of hydrogen-bond donors (Lipinski definition) is 1. The Bertz CT molecular complexity index is 400. The molecule has 2 aliphatic rings. The first-order valence-electron chi connectivity index (χ1n) is 8.31. The normalized spacial score (nSPS) is 23.2. The smallest absolute Gasteiger partial charge is 0.0764 e. The molecule has 0 radical (unpaired) electrons. The fourth-order valence-electron chi connectivity index (χ4n) is 3.62. The van der Waals surface area contributed by atoms with Crippen molar-refractivity contribution in [3.05, 3.63) is 18.0 Å². The minimum absolute atomic E-state index is 0.653. The van der Waals surface area contributed by atoms with Crippen LogP contribution >= 0.6 is 0 Å². The minimum atomic E-state index is 0.653. The molecule has 112 valence electrons. The van der Waals surface area contributed by atoms with Gasteiger partial charge in [-0.05, 0) is 57.3 Å². The maximum absolute atomic E-state index is 5.75. The van der Waals surface area contributed by atoms with Crippen LogP contribution in [0.3, 0.4) is 0 Å². The van der Waals surface area contributed by atoms with Gasteiger partial charge in [0, 0.05) is 12.7 Å². The maximum atomic E-state index is 5.75. The van der Waals surface area contributed by atoms with Gasteiger partial charge in [0.05, 0.1) is 11.7 Å². The molecule has 0 atom stereocenters. The zero-order valence-corrected chi connectivity index (χ0v) is 12.5. The highest BCUT2D eigenvalue weighted by Crippen LogP contribution is 2.27. The number of nitrogens with two attached hydrogens (primary N) is 1. The molecule has 1 aliphatic carbocycles. The van der Waals surface area contributed by atoms with E-state index in [1.165, 1.54) is 63.7 Å². The lowest BCUT2D eigenvalue weighted by molar-refractivity contribution is 0.178. The Morgan fingerprint density at radius 2 is 1.85 bits per heavy atom. The zero-order chi connectivity index (χ0) is 13.8. The van der Waals surface area contributed by atoms with Crippen LogP contribution in [0.1, 0.15) is 56.7 Å². The number of likely N-dealkylation sites (tertiary alicyclic amines) is 1. The Balaban J connectivity index is 1.52. The maximum Gasteiger partial charge on any atom is 0.0764 e. The molecular weight excluding hydrogens is 248 g/mol. The Hall–Kier alpha value is -0.870. The van der Waals surface area contributed by atoms with E-state index >= 15 is 0 Å². The third-order valence-electron chi connectivity index (χ3n) is 5.04. The molecule has 4 nitrogen and oxygen atoms in total. The summed E-state index contributed by atoms with van der Waals surface area (Å²) in [5, 5.41) is 4.82. The second-order valence-corrected chi connectivity index (χ2v) is 6.53. The second-order valence-electron chi connectivity index (χ2n) is 6.53. The van der Waals surface area contributed by atoms with E-state index in [0.717, 1.165) is 19.0 Å². The van der Waals surface area contributed by atoms with Crippen LogP contribution in [-0.2, 0) is 6.54 Å². The van der Waals surface area contributed by atoms with Crippen LogP contribution in [0.4, 0.5) is 0 Å². The van der Waals surface area contributed by atoms with Gasteiger partial charge in [0.15, 0.2) is 0 Å². The summed E-state index contributed by atoms with van der Waals surface area (Å²) in [6.07, 6.45) is 11.4. The summed E-state index contributed by atoms with van der Waals surface area (Å²) in [7, 11) is 0. The largest absolute Gasteiger partial charge is 0.330 e. The quantitative estimate of drug-likeness (QED) is 0.919. The molecule has 0 aromatic carbocycles. The van der Waals surface area contributed by atoms with Crippen molar-refractivity contribution in [3.63, 3.8) is 0 Å². The third kappa shape index (κ3) is 3.41. The van der Waals surface area contributed by atoms with Crippen molar-refractivity contribution in [3.8, 4) is 0 Å². The van der Waals surface area contributed by atoms with Crippen molar-refractivity contribution in [1.29, 1.82) is 0 Å². The van der Waals surface area contributed by atoms with Gasteiger partial charge in [-0.3, -0.25) is 9.58 Å². The predicted octanol–water partition coefficient (Wildman–Crippen LogP) is 2.56. The Morgan fingerprint density at radius 1 is 1.10 bits per heavy atom. The topological polar surface area (TPSA) is 47.1 Å². The van der Waals surface area contributed by atoms with Crippen molar-refractivity contribution in [2.75, 3.05) is 19.6 Å². The molecule has 1 aromatic rings. The first kappa shape index (κ1) is 14.1. The SMILES string of the molecule is NCC1CCN(Cc2ccn(C3CCCCC3)n2)CC1. The van der Waals surface area contributed by atoms with Crippen LogP contribution in [0, 0.1) is 5.92 Å². The average Bonchev–Trinajstić information content (AvgIpc) is 2.97. The highest BCUT2D eigenvalue weighted by Gasteiger charge is 2.20. The Labute approximate surface area is 122 Å². The van der Waals surface area contributed by atoms with Gasteiger partial charge in [0.2, 0.25) is 0 Å². The van der Waals surface area contributed by atoms with Gasteiger partial charge >= 0.3 is 0 Å². The van der Waals surface area contributed by atoms with E-state index in [-0.39, 0.29) is 0 Å². The number of rotatable bonds is 4. The van der Waals surface area contributed by atoms with Crippen LogP contribution in [0.15, 0.2) is 12.3 Å². The lowest BCUT2D eigenvalue weighted by Crippen LogP contribution is -2.35. The zero-order valence-electron chi connectivity index (χ0n) is 12.5. The van der Waals surface area contributed by atoms with E-state index in [2.05, 4.69) is 21.8 Å². The summed E-state index contributed by atoms with van der Waals surface area (Å²) in [4.78, 5) is 2.53. The molecule has 1 aliphatic heterocycles. The second kappa shape index (κ2) is 6.72. The van der Waals surface area contributed by atoms with Gasteiger partial charge in [-0.25, -0.2) is 0 Å². The molecule has 0 bridgehead atoms. The third-order valence-corrected chi connectivity index (χ3v) is 5.04. The van der Waals surface area contributed by atoms with Crippen molar-refractivity contribution in [1.82, 2.24) is 14.7 Å². The Kier molecular flexibility index (Phi) is 4.73. The summed E-state index contributed by atoms with van der Waals surface area (Å²) in [6.45, 7) is 4.22. The number of piperidine rings is 1. The monoisotopic (exact) mass is 276 g/mol. The molecule has 0 spiro atoms. The molecule has 4 heteroatoms. The van der Waals surface area contributed by atoms with Gasteiger partial charge < -0.3 is 5.73 Å². The van der Waals surface area contributed by atoms with Crippen LogP contribution in [-0.4, -0.2) is 34.3 Å². The molecule has 20 heavy (non-hydrogen) atoms. The van der Waals surface area contributed by atoms with Crippen molar-refractivity contribution in [2.45, 2.75) is 57.5 Å². The van der Waals surface area contributed by atoms with Crippen LogP contribution in [0.25, 0.3) is 0 Å². The molecule has 3 rings (SSSR count). The first-order valence-corrected chi connectivity index (χ1v) is 8.31. The van der Waals surface area contributed by atoms with Crippen molar-refractivity contribution in [2.24, 2.45) is 11.7 Å². The fourth-order valence-corrected chi connectivity index (χ4v) is 3.62. The fraction of sp³-hybridized carbons (Fsp3) is 0.812. The van der Waals surface area contributed by atoms with Crippen LogP contribution < -0.4 is 5.73 Å². The lowest BCUT2D eigenvalue weighted by Gasteiger charge is -2.30. The van der Waals surface area contributed by atoms with Gasteiger partial charge in [0.25, 0.3) is 0 Å². The van der Waals surface area contributed by atoms with Gasteiger partial charge in [-0.15, -0.1) is 0 Å². The summed E-state index contributed by atoms with van der Waals surface area (Å²) < 4.78 is 2.22. The average molecular weight is 276 g/mol. The van der Waals surface area contributed by atoms with Crippen LogP contribution in [0.5, 0.6) is 0 Å². The minimum Gasteiger partial charge on any atom is -0.330 e. The molecule has 1 saturated carbocycles. The number of nitrogens with zero attached hydrogens (tertiary/aromatic N) is 3. The summed E-state index contributed by atoms with van der Waals surface area (Å²) in [5.74, 6) is 0.742. The van der Waals surface area contributed by atoms with E-state index in [1.54, 1.807) is 0 Å². The van der Waals surface area contributed by atoms with Crippen LogP contribution in [0.2, 0.25) is 0 Å². The van der Waals surface area contributed by atoms with Crippen molar-refractivity contribution < 1.29 is 0 Å². The highest BCUT2D eigenvalue weighted by molar-refractivity contribution is 5.00. The van der Waals surface area contributed by atoms with E-state index in [1.807, 2.05) is 0 Å². The molecule has 0 amide bonds. The highest BCUT2D eigenvalue weighted by atomic mass is 15.3. The molecule has 2 fully saturated rings.